The smallest absolute Gasteiger partial charge is 0.363 e. The Balaban J connectivity index is 0.000000681. The van der Waals surface area contributed by atoms with E-state index in [1.165, 1.54) is 34.1 Å². The molecular formula is C38H42F4N2O2Ti. The van der Waals surface area contributed by atoms with Gasteiger partial charge >= 0.3 is 21.7 Å². The summed E-state index contributed by atoms with van der Waals surface area (Å²) in [6, 6.07) is 28.5. The van der Waals surface area contributed by atoms with Gasteiger partial charge < -0.3 is 9.80 Å². The van der Waals surface area contributed by atoms with Crippen molar-refractivity contribution in [1.82, 2.24) is 0 Å². The maximum Gasteiger partial charge on any atom is 4.00 e. The molecule has 248 valence electrons. The number of hydrogen-bond acceptors (Lipinski definition) is 2. The van der Waals surface area contributed by atoms with Crippen LogP contribution in [-0.4, -0.2) is 24.9 Å². The second-order valence-electron chi connectivity index (χ2n) is 10.9. The van der Waals surface area contributed by atoms with Gasteiger partial charge in [-0.15, -0.1) is 49.6 Å². The minimum absolute atomic E-state index is 0. The summed E-state index contributed by atoms with van der Waals surface area (Å²) in [5.74, 6) is -3.90. The molecule has 9 heteroatoms. The number of carbonyl (C=O) groups is 2. The Kier molecular flexibility index (Phi) is 19.2. The van der Waals surface area contributed by atoms with Crippen LogP contribution in [0.3, 0.4) is 0 Å². The summed E-state index contributed by atoms with van der Waals surface area (Å²) in [7, 11) is 0. The fourth-order valence-electron chi connectivity index (χ4n) is 3.65. The summed E-state index contributed by atoms with van der Waals surface area (Å²) in [5.41, 5.74) is -1.56. The maximum absolute atomic E-state index is 13.6. The van der Waals surface area contributed by atoms with Gasteiger partial charge in [-0.05, 0) is 52.9 Å². The van der Waals surface area contributed by atoms with Crippen molar-refractivity contribution in [3.8, 4) is 0 Å². The van der Waals surface area contributed by atoms with Crippen molar-refractivity contribution in [2.75, 3.05) is 22.9 Å². The van der Waals surface area contributed by atoms with E-state index >= 15 is 0 Å². The third-order valence-electron chi connectivity index (χ3n) is 6.62. The first-order valence-electron chi connectivity index (χ1n) is 14.7. The summed E-state index contributed by atoms with van der Waals surface area (Å²) < 4.78 is 52.9. The fraction of sp³-hybridized carbons (Fsp3) is 0.263. The maximum atomic E-state index is 13.6. The number of carbonyl (C=O) groups excluding carboxylic acids is 2. The molecule has 0 aliphatic carbocycles. The average Bonchev–Trinajstić information content (AvgIpc) is 3.80. The van der Waals surface area contributed by atoms with Crippen LogP contribution >= 0.6 is 0 Å². The van der Waals surface area contributed by atoms with Crippen LogP contribution in [0.4, 0.5) is 28.9 Å². The Morgan fingerprint density at radius 1 is 0.681 bits per heavy atom. The zero-order valence-electron chi connectivity index (χ0n) is 27.8. The summed E-state index contributed by atoms with van der Waals surface area (Å²) in [6.07, 6.45) is 3.01. The van der Waals surface area contributed by atoms with Gasteiger partial charge in [-0.2, -0.15) is 36.4 Å². The fourth-order valence-corrected chi connectivity index (χ4v) is 3.65. The van der Waals surface area contributed by atoms with Crippen LogP contribution in [0.2, 0.25) is 0 Å². The van der Waals surface area contributed by atoms with E-state index in [0.717, 1.165) is 12.1 Å². The van der Waals surface area contributed by atoms with E-state index in [2.05, 4.69) is 13.2 Å². The summed E-state index contributed by atoms with van der Waals surface area (Å²) in [4.78, 5) is 27.0. The molecule has 2 amide bonds. The minimum atomic E-state index is -0.870. The van der Waals surface area contributed by atoms with Crippen molar-refractivity contribution < 1.29 is 48.9 Å². The first kappa shape index (κ1) is 43.0. The van der Waals surface area contributed by atoms with Gasteiger partial charge in [0.25, 0.3) is 0 Å². The molecule has 0 aliphatic rings. The van der Waals surface area contributed by atoms with Gasteiger partial charge in [0.05, 0.1) is 10.8 Å². The van der Waals surface area contributed by atoms with Gasteiger partial charge in [0, 0.05) is 36.4 Å². The molecule has 0 spiro atoms. The van der Waals surface area contributed by atoms with E-state index in [4.69, 9.17) is 0 Å². The second kappa shape index (κ2) is 21.0. The van der Waals surface area contributed by atoms with Crippen LogP contribution in [-0.2, 0) is 31.3 Å². The van der Waals surface area contributed by atoms with Crippen LogP contribution < -0.4 is 9.80 Å². The predicted molar refractivity (Wildman–Crippen MR) is 178 cm³/mol. The second-order valence-corrected chi connectivity index (χ2v) is 10.9. The molecular weight excluding hydrogens is 640 g/mol. The van der Waals surface area contributed by atoms with Gasteiger partial charge in [0.15, 0.2) is 0 Å². The van der Waals surface area contributed by atoms with Crippen molar-refractivity contribution in [3.63, 3.8) is 0 Å². The molecule has 0 saturated heterocycles. The molecule has 47 heavy (non-hydrogen) atoms. The quantitative estimate of drug-likeness (QED) is 0.0805. The molecule has 0 saturated carbocycles. The normalized spacial score (nSPS) is 10.3. The predicted octanol–water partition coefficient (Wildman–Crippen LogP) is 9.47. The van der Waals surface area contributed by atoms with Crippen molar-refractivity contribution in [2.24, 2.45) is 10.8 Å². The topological polar surface area (TPSA) is 40.6 Å². The van der Waals surface area contributed by atoms with E-state index < -0.39 is 34.1 Å². The van der Waals surface area contributed by atoms with E-state index in [9.17, 15) is 27.2 Å². The molecule has 0 aromatic heterocycles. The Hall–Kier alpha value is -4.01. The van der Waals surface area contributed by atoms with Crippen LogP contribution in [0, 0.1) is 46.2 Å². The monoisotopic (exact) mass is 682 g/mol. The molecule has 4 aromatic rings. The number of anilines is 2. The molecule has 0 aliphatic heterocycles. The van der Waals surface area contributed by atoms with Crippen molar-refractivity contribution >= 4 is 23.2 Å². The SMILES string of the molecule is C=CC(C)(C)C(=O)N(CC)c1ccc(F)[c-]c1F.C=CC(C)(C)C(=O)N(CC)c1ccc(F)[c-]c1F.[Ti+4].c1cc[cH-]c1.c1cc[cH-]c1. The number of benzene rings is 2. The summed E-state index contributed by atoms with van der Waals surface area (Å²) >= 11 is 0. The zero-order chi connectivity index (χ0) is 34.9. The minimum Gasteiger partial charge on any atom is -0.363 e. The van der Waals surface area contributed by atoms with Crippen LogP contribution in [0.5, 0.6) is 0 Å². The standard InChI is InChI=1S/2C14H16F2NO.2C5H5.Ti/c2*1-5-14(3,4)13(18)17(6-2)12-8-7-10(15)9-11(12)16;2*1-2-4-5-3-1;/h2*5,7-8H,1,6H2,2-4H3;2*1-5H;/q4*-1;+4. The molecule has 4 rings (SSSR count). The number of nitrogens with zero attached hydrogens (tertiary/aromatic N) is 2. The molecule has 4 aromatic carbocycles. The third-order valence-corrected chi connectivity index (χ3v) is 6.62. The van der Waals surface area contributed by atoms with Crippen molar-refractivity contribution in [3.05, 3.63) is 146 Å². The van der Waals surface area contributed by atoms with E-state index in [0.29, 0.717) is 0 Å². The largest absolute Gasteiger partial charge is 4.00 e. The molecule has 0 bridgehead atoms. The zero-order valence-corrected chi connectivity index (χ0v) is 29.4. The van der Waals surface area contributed by atoms with Crippen LogP contribution in [0.15, 0.2) is 110 Å². The molecule has 4 nitrogen and oxygen atoms in total. The first-order chi connectivity index (χ1) is 21.7. The number of rotatable bonds is 8. The molecule has 0 radical (unpaired) electrons. The Morgan fingerprint density at radius 3 is 1.17 bits per heavy atom. The third kappa shape index (κ3) is 13.7. The van der Waals surface area contributed by atoms with Gasteiger partial charge in [0.1, 0.15) is 0 Å². The van der Waals surface area contributed by atoms with Gasteiger partial charge in [-0.25, -0.2) is 41.8 Å². The Labute approximate surface area is 292 Å². The van der Waals surface area contributed by atoms with Crippen LogP contribution in [0.1, 0.15) is 41.5 Å². The van der Waals surface area contributed by atoms with Gasteiger partial charge in [-0.3, -0.25) is 9.59 Å². The molecule has 0 fully saturated rings. The number of hydrogen-bond donors (Lipinski definition) is 0. The molecule has 0 N–H and O–H groups in total. The molecule has 0 unspecified atom stereocenters. The molecule has 0 atom stereocenters. The van der Waals surface area contributed by atoms with Crippen molar-refractivity contribution in [2.45, 2.75) is 41.5 Å². The Bertz CT molecular complexity index is 1350. The first-order valence-corrected chi connectivity index (χ1v) is 14.7. The summed E-state index contributed by atoms with van der Waals surface area (Å²) in [5, 5.41) is 0. The van der Waals surface area contributed by atoms with Crippen molar-refractivity contribution in [1.29, 1.82) is 0 Å². The summed E-state index contributed by atoms with van der Waals surface area (Å²) in [6.45, 7) is 18.0. The van der Waals surface area contributed by atoms with E-state index in [1.807, 2.05) is 72.8 Å². The van der Waals surface area contributed by atoms with E-state index in [-0.39, 0.29) is 58.0 Å². The van der Waals surface area contributed by atoms with Crippen LogP contribution in [0.25, 0.3) is 0 Å². The Morgan fingerprint density at radius 2 is 0.979 bits per heavy atom. The van der Waals surface area contributed by atoms with Gasteiger partial charge in [-0.1, -0.05) is 12.2 Å². The molecule has 0 heterocycles. The number of halogens is 4. The average molecular weight is 683 g/mol. The number of amides is 2. The van der Waals surface area contributed by atoms with Gasteiger partial charge in [0.2, 0.25) is 11.8 Å². The van der Waals surface area contributed by atoms with E-state index in [1.54, 1.807) is 41.5 Å².